The molecule has 2 aliphatic rings. The van der Waals surface area contributed by atoms with Crippen molar-refractivity contribution in [3.63, 3.8) is 0 Å². The third kappa shape index (κ3) is 4.12. The van der Waals surface area contributed by atoms with Gasteiger partial charge in [0.05, 0.1) is 18.3 Å². The maximum absolute atomic E-state index is 11.9. The number of hydrogen-bond acceptors (Lipinski definition) is 5. The van der Waals surface area contributed by atoms with Crippen LogP contribution in [0.5, 0.6) is 0 Å². The summed E-state index contributed by atoms with van der Waals surface area (Å²) in [5.74, 6) is -0.985. The molecule has 0 spiro atoms. The number of aromatic carboxylic acids is 1. The number of aliphatic hydroxyl groups excluding tert-OH is 1. The standard InChI is InChI=1S/C19H24N4O3.Li.H/c24-14(11-22-8-2-1-3-9-22)12-23-18(19(25)26)16-5-4-13-10-20-7-6-15(13)17(16)21-23;;/h6-7,10,14,24H,1-5,8-9,11-12H2,(H,25,26);;/q;+1;-1. The van der Waals surface area contributed by atoms with E-state index < -0.39 is 12.1 Å². The van der Waals surface area contributed by atoms with E-state index in [0.717, 1.165) is 54.7 Å². The molecule has 2 aromatic rings. The molecule has 2 N–H and O–H groups in total. The van der Waals surface area contributed by atoms with Gasteiger partial charge in [0.25, 0.3) is 0 Å². The van der Waals surface area contributed by atoms with E-state index in [1.807, 2.05) is 12.3 Å². The molecule has 3 heterocycles. The van der Waals surface area contributed by atoms with E-state index in [9.17, 15) is 15.0 Å². The quantitative estimate of drug-likeness (QED) is 0.642. The Morgan fingerprint density at radius 1 is 1.22 bits per heavy atom. The summed E-state index contributed by atoms with van der Waals surface area (Å²) in [6.45, 7) is 2.76. The number of β-amino-alcohol motifs (C(OH)–C–C–N with tert-alkyl or cyclic N) is 1. The molecule has 4 rings (SSSR count). The maximum Gasteiger partial charge on any atom is 1.00 e. The molecule has 0 saturated carbocycles. The van der Waals surface area contributed by atoms with E-state index in [1.165, 1.54) is 11.1 Å². The zero-order chi connectivity index (χ0) is 18.1. The van der Waals surface area contributed by atoms with Crippen molar-refractivity contribution in [3.05, 3.63) is 35.3 Å². The zero-order valence-corrected chi connectivity index (χ0v) is 15.8. The van der Waals surface area contributed by atoms with Crippen LogP contribution in [0.25, 0.3) is 11.3 Å². The SMILES string of the molecule is O=C(O)c1c2c(nn1CC(O)CN1CCCCC1)-c1ccncc1CC2.[H-].[Li+]. The van der Waals surface area contributed by atoms with Crippen LogP contribution >= 0.6 is 0 Å². The van der Waals surface area contributed by atoms with Gasteiger partial charge in [0, 0.05) is 30.1 Å². The van der Waals surface area contributed by atoms with Gasteiger partial charge in [-0.3, -0.25) is 9.67 Å². The largest absolute Gasteiger partial charge is 1.00 e. The minimum Gasteiger partial charge on any atom is -1.00 e. The number of likely N-dealkylation sites (tertiary alicyclic amines) is 1. The molecule has 1 saturated heterocycles. The number of aryl methyl sites for hydroxylation is 1. The van der Waals surface area contributed by atoms with Crippen LogP contribution in [0, 0.1) is 0 Å². The van der Waals surface area contributed by atoms with Crippen LogP contribution in [0.3, 0.4) is 0 Å². The molecule has 2 aromatic heterocycles. The Morgan fingerprint density at radius 3 is 2.74 bits per heavy atom. The van der Waals surface area contributed by atoms with E-state index in [0.29, 0.717) is 13.0 Å². The van der Waals surface area contributed by atoms with Crippen LogP contribution in [-0.2, 0) is 19.4 Å². The van der Waals surface area contributed by atoms with E-state index in [4.69, 9.17) is 0 Å². The average Bonchev–Trinajstić information content (AvgIpc) is 3.01. The molecule has 0 radical (unpaired) electrons. The fraction of sp³-hybridized carbons (Fsp3) is 0.526. The Labute approximate surface area is 172 Å². The molecule has 0 aromatic carbocycles. The Balaban J connectivity index is 0.00000140. The second-order valence-corrected chi connectivity index (χ2v) is 7.21. The minimum atomic E-state index is -0.985. The summed E-state index contributed by atoms with van der Waals surface area (Å²) < 4.78 is 1.48. The summed E-state index contributed by atoms with van der Waals surface area (Å²) in [5.41, 5.74) is 3.74. The molecule has 1 aliphatic heterocycles. The summed E-state index contributed by atoms with van der Waals surface area (Å²) in [5, 5.41) is 24.8. The molecule has 1 fully saturated rings. The first-order valence-corrected chi connectivity index (χ1v) is 9.30. The monoisotopic (exact) mass is 364 g/mol. The molecule has 1 aliphatic carbocycles. The summed E-state index contributed by atoms with van der Waals surface area (Å²) in [4.78, 5) is 18.3. The van der Waals surface area contributed by atoms with Crippen LogP contribution in [0.15, 0.2) is 18.5 Å². The number of rotatable bonds is 5. The summed E-state index contributed by atoms with van der Waals surface area (Å²) in [7, 11) is 0. The van der Waals surface area contributed by atoms with Gasteiger partial charge in [0.15, 0.2) is 0 Å². The third-order valence-corrected chi connectivity index (χ3v) is 5.36. The molecule has 140 valence electrons. The number of carboxylic acid groups (broad SMARTS) is 1. The van der Waals surface area contributed by atoms with Crippen molar-refractivity contribution in [2.24, 2.45) is 0 Å². The molecule has 1 atom stereocenters. The normalized spacial score (nSPS) is 17.5. The van der Waals surface area contributed by atoms with Gasteiger partial charge in [0.1, 0.15) is 5.69 Å². The number of hydrogen-bond donors (Lipinski definition) is 2. The van der Waals surface area contributed by atoms with Crippen molar-refractivity contribution in [2.75, 3.05) is 19.6 Å². The predicted molar refractivity (Wildman–Crippen MR) is 97.2 cm³/mol. The summed E-state index contributed by atoms with van der Waals surface area (Å²) >= 11 is 0. The number of carboxylic acids is 1. The Bertz CT molecular complexity index is 824. The molecule has 0 bridgehead atoms. The molecule has 27 heavy (non-hydrogen) atoms. The fourth-order valence-electron chi connectivity index (χ4n) is 4.14. The maximum atomic E-state index is 11.9. The number of aromatic nitrogens is 3. The van der Waals surface area contributed by atoms with E-state index in [-0.39, 0.29) is 32.5 Å². The van der Waals surface area contributed by atoms with Gasteiger partial charge >= 0.3 is 24.8 Å². The van der Waals surface area contributed by atoms with Crippen molar-refractivity contribution < 1.29 is 35.3 Å². The fourth-order valence-corrected chi connectivity index (χ4v) is 4.14. The topological polar surface area (TPSA) is 91.5 Å². The van der Waals surface area contributed by atoms with Gasteiger partial charge in [-0.05, 0) is 50.4 Å². The van der Waals surface area contributed by atoms with Gasteiger partial charge < -0.3 is 16.5 Å². The minimum absolute atomic E-state index is 0. The first-order valence-electron chi connectivity index (χ1n) is 9.30. The van der Waals surface area contributed by atoms with Crippen LogP contribution in [-0.4, -0.2) is 61.6 Å². The number of fused-ring (bicyclic) bond motifs is 3. The number of carbonyl (C=O) groups is 1. The molecule has 0 amide bonds. The van der Waals surface area contributed by atoms with Gasteiger partial charge in [-0.25, -0.2) is 4.79 Å². The molecule has 1 unspecified atom stereocenters. The molecular weight excluding hydrogens is 339 g/mol. The first-order chi connectivity index (χ1) is 12.6. The smallest absolute Gasteiger partial charge is 1.00 e. The van der Waals surface area contributed by atoms with Crippen molar-refractivity contribution in [1.82, 2.24) is 19.7 Å². The average molecular weight is 364 g/mol. The first kappa shape index (κ1) is 20.1. The second kappa shape index (κ2) is 8.57. The van der Waals surface area contributed by atoms with Crippen molar-refractivity contribution in [1.29, 1.82) is 0 Å². The Morgan fingerprint density at radius 2 is 2.00 bits per heavy atom. The van der Waals surface area contributed by atoms with Crippen LogP contribution in [0.1, 0.15) is 42.3 Å². The van der Waals surface area contributed by atoms with Crippen LogP contribution < -0.4 is 18.9 Å². The van der Waals surface area contributed by atoms with Gasteiger partial charge in [0.2, 0.25) is 0 Å². The van der Waals surface area contributed by atoms with Crippen molar-refractivity contribution >= 4 is 5.97 Å². The number of piperidine rings is 1. The molecule has 8 heteroatoms. The van der Waals surface area contributed by atoms with Crippen LogP contribution in [0.2, 0.25) is 0 Å². The van der Waals surface area contributed by atoms with Crippen molar-refractivity contribution in [3.8, 4) is 11.3 Å². The van der Waals surface area contributed by atoms with Crippen LogP contribution in [0.4, 0.5) is 0 Å². The third-order valence-electron chi connectivity index (χ3n) is 5.36. The summed E-state index contributed by atoms with van der Waals surface area (Å²) in [6, 6.07) is 1.89. The van der Waals surface area contributed by atoms with Crippen molar-refractivity contribution in [2.45, 2.75) is 44.8 Å². The van der Waals surface area contributed by atoms with E-state index in [2.05, 4.69) is 15.0 Å². The molecule has 7 nitrogen and oxygen atoms in total. The summed E-state index contributed by atoms with van der Waals surface area (Å²) in [6.07, 6.45) is 7.86. The Kier molecular flexibility index (Phi) is 6.38. The van der Waals surface area contributed by atoms with E-state index in [1.54, 1.807) is 6.20 Å². The zero-order valence-electron chi connectivity index (χ0n) is 16.8. The predicted octanol–water partition coefficient (Wildman–Crippen LogP) is -1.29. The Hall–Kier alpha value is -1.65. The molecular formula is C19H25LiN4O3. The van der Waals surface area contributed by atoms with Gasteiger partial charge in [-0.2, -0.15) is 5.10 Å². The van der Waals surface area contributed by atoms with Gasteiger partial charge in [-0.15, -0.1) is 0 Å². The number of pyridine rings is 1. The van der Waals surface area contributed by atoms with E-state index >= 15 is 0 Å². The number of nitrogens with zero attached hydrogens (tertiary/aromatic N) is 4. The number of aliphatic hydroxyl groups is 1. The van der Waals surface area contributed by atoms with Gasteiger partial charge in [-0.1, -0.05) is 6.42 Å². The second-order valence-electron chi connectivity index (χ2n) is 7.21.